The van der Waals surface area contributed by atoms with Crippen molar-refractivity contribution in [3.8, 4) is 0 Å². The van der Waals surface area contributed by atoms with Gasteiger partial charge in [0.05, 0.1) is 27.2 Å². The van der Waals surface area contributed by atoms with Gasteiger partial charge in [-0.3, -0.25) is 0 Å². The lowest BCUT2D eigenvalue weighted by Gasteiger charge is -2.29. The Morgan fingerprint density at radius 1 is 0.522 bits per heavy atom. The first-order valence-corrected chi connectivity index (χ1v) is 10.6. The molecule has 0 aromatic carbocycles. The summed E-state index contributed by atoms with van der Waals surface area (Å²) in [5.41, 5.74) is 0. The lowest BCUT2D eigenvalue weighted by molar-refractivity contribution is -0.890. The summed E-state index contributed by atoms with van der Waals surface area (Å²) in [6, 6.07) is 0. The number of hydrogen-bond donors (Lipinski definition) is 1. The van der Waals surface area contributed by atoms with E-state index in [9.17, 15) is 0 Å². The van der Waals surface area contributed by atoms with Gasteiger partial charge in [0, 0.05) is 6.61 Å². The molecule has 0 rings (SSSR count). The summed E-state index contributed by atoms with van der Waals surface area (Å²) in [5, 5.41) is 8.86. The Morgan fingerprint density at radius 3 is 1.26 bits per heavy atom. The second-order valence-corrected chi connectivity index (χ2v) is 8.06. The zero-order chi connectivity index (χ0) is 17.2. The largest absolute Gasteiger partial charge is 0.396 e. The van der Waals surface area contributed by atoms with Gasteiger partial charge in [-0.15, -0.1) is 0 Å². The van der Waals surface area contributed by atoms with Gasteiger partial charge in [0.15, 0.2) is 0 Å². The predicted octanol–water partition coefficient (Wildman–Crippen LogP) is 5.93. The van der Waals surface area contributed by atoms with Crippen LogP contribution in [0.2, 0.25) is 0 Å². The van der Waals surface area contributed by atoms with E-state index in [2.05, 4.69) is 21.0 Å². The molecule has 0 atom stereocenters. The van der Waals surface area contributed by atoms with Gasteiger partial charge in [-0.2, -0.15) is 0 Å². The molecule has 0 saturated heterocycles. The third kappa shape index (κ3) is 18.1. The molecule has 0 saturated carbocycles. The van der Waals surface area contributed by atoms with Crippen molar-refractivity contribution in [2.24, 2.45) is 0 Å². The normalized spacial score (nSPS) is 12.0. The van der Waals surface area contributed by atoms with E-state index in [0.29, 0.717) is 6.61 Å². The Hall–Kier alpha value is -0.0800. The van der Waals surface area contributed by atoms with Crippen molar-refractivity contribution in [3.63, 3.8) is 0 Å². The maximum absolute atomic E-state index is 8.86. The van der Waals surface area contributed by atoms with E-state index < -0.39 is 0 Å². The van der Waals surface area contributed by atoms with Gasteiger partial charge in [-0.05, 0) is 25.7 Å². The predicted molar refractivity (Wildman–Crippen MR) is 104 cm³/mol. The van der Waals surface area contributed by atoms with Crippen molar-refractivity contribution >= 4 is 0 Å². The SMILES string of the molecule is CCCCCCCCCCCCCCC[N+](C)(C)CCCCO. The van der Waals surface area contributed by atoms with Gasteiger partial charge < -0.3 is 9.59 Å². The second kappa shape index (κ2) is 16.8. The van der Waals surface area contributed by atoms with E-state index in [4.69, 9.17) is 5.11 Å². The van der Waals surface area contributed by atoms with E-state index in [1.54, 1.807) is 0 Å². The molecule has 0 aliphatic carbocycles. The molecule has 0 unspecified atom stereocenters. The molecule has 1 N–H and O–H groups in total. The highest BCUT2D eigenvalue weighted by atomic mass is 16.2. The summed E-state index contributed by atoms with van der Waals surface area (Å²) in [7, 11) is 4.66. The Kier molecular flexibility index (Phi) is 16.7. The number of aliphatic hydroxyl groups is 1. The zero-order valence-electron chi connectivity index (χ0n) is 16.6. The average molecular weight is 329 g/mol. The highest BCUT2D eigenvalue weighted by Crippen LogP contribution is 2.13. The minimum atomic E-state index is 0.346. The third-order valence-corrected chi connectivity index (χ3v) is 5.04. The Morgan fingerprint density at radius 2 is 0.870 bits per heavy atom. The standard InChI is InChI=1S/C21H46NO/c1-4-5-6-7-8-9-10-11-12-13-14-15-16-19-22(2,3)20-17-18-21-23/h23H,4-21H2,1-3H3/q+1. The highest BCUT2D eigenvalue weighted by Gasteiger charge is 2.13. The van der Waals surface area contributed by atoms with Crippen molar-refractivity contribution in [1.82, 2.24) is 0 Å². The summed E-state index contributed by atoms with van der Waals surface area (Å²) in [6.45, 7) is 5.14. The molecule has 0 spiro atoms. The lowest BCUT2D eigenvalue weighted by Crippen LogP contribution is -2.41. The number of rotatable bonds is 18. The molecule has 140 valence electrons. The molecule has 2 heteroatoms. The van der Waals surface area contributed by atoms with Gasteiger partial charge in [-0.1, -0.05) is 77.6 Å². The fourth-order valence-electron chi connectivity index (χ4n) is 3.32. The lowest BCUT2D eigenvalue weighted by atomic mass is 10.0. The van der Waals surface area contributed by atoms with Gasteiger partial charge in [0.2, 0.25) is 0 Å². The highest BCUT2D eigenvalue weighted by molar-refractivity contribution is 4.49. The minimum absolute atomic E-state index is 0.346. The number of nitrogens with zero attached hydrogens (tertiary/aromatic N) is 1. The summed E-state index contributed by atoms with van der Waals surface area (Å²) < 4.78 is 1.12. The Bertz CT molecular complexity index is 228. The van der Waals surface area contributed by atoms with E-state index in [1.807, 2.05) is 0 Å². The number of aliphatic hydroxyl groups excluding tert-OH is 1. The molecule has 0 amide bonds. The van der Waals surface area contributed by atoms with Gasteiger partial charge in [0.25, 0.3) is 0 Å². The fraction of sp³-hybridized carbons (Fsp3) is 1.00. The van der Waals surface area contributed by atoms with E-state index in [1.165, 1.54) is 96.6 Å². The molecule has 0 heterocycles. The van der Waals surface area contributed by atoms with Crippen LogP contribution >= 0.6 is 0 Å². The van der Waals surface area contributed by atoms with Crippen LogP contribution in [0.5, 0.6) is 0 Å². The van der Waals surface area contributed by atoms with Crippen molar-refractivity contribution in [2.75, 3.05) is 33.8 Å². The molecular formula is C21H46NO+. The topological polar surface area (TPSA) is 20.2 Å². The van der Waals surface area contributed by atoms with Crippen LogP contribution < -0.4 is 0 Å². The van der Waals surface area contributed by atoms with Crippen molar-refractivity contribution in [2.45, 2.75) is 103 Å². The molecular weight excluding hydrogens is 282 g/mol. The number of unbranched alkanes of at least 4 members (excludes halogenated alkanes) is 13. The van der Waals surface area contributed by atoms with Crippen LogP contribution in [0.3, 0.4) is 0 Å². The molecule has 0 bridgehead atoms. The maximum atomic E-state index is 8.86. The van der Waals surface area contributed by atoms with Crippen molar-refractivity contribution in [3.05, 3.63) is 0 Å². The summed E-state index contributed by atoms with van der Waals surface area (Å²) in [5.74, 6) is 0. The fourth-order valence-corrected chi connectivity index (χ4v) is 3.32. The van der Waals surface area contributed by atoms with Crippen LogP contribution in [0.15, 0.2) is 0 Å². The van der Waals surface area contributed by atoms with Gasteiger partial charge in [0.1, 0.15) is 0 Å². The maximum Gasteiger partial charge on any atom is 0.0783 e. The van der Waals surface area contributed by atoms with Crippen LogP contribution in [0.25, 0.3) is 0 Å². The summed E-state index contributed by atoms with van der Waals surface area (Å²) in [4.78, 5) is 0. The van der Waals surface area contributed by atoms with Gasteiger partial charge >= 0.3 is 0 Å². The molecule has 0 aliphatic rings. The Balaban J connectivity index is 3.20. The Labute approximate surface area is 147 Å². The van der Waals surface area contributed by atoms with Crippen LogP contribution in [0.1, 0.15) is 103 Å². The first-order valence-electron chi connectivity index (χ1n) is 10.6. The third-order valence-electron chi connectivity index (χ3n) is 5.04. The van der Waals surface area contributed by atoms with Crippen LogP contribution in [0.4, 0.5) is 0 Å². The molecule has 0 aromatic heterocycles. The van der Waals surface area contributed by atoms with E-state index in [0.717, 1.165) is 17.3 Å². The first-order chi connectivity index (χ1) is 11.1. The van der Waals surface area contributed by atoms with E-state index in [-0.39, 0.29) is 0 Å². The molecule has 0 fully saturated rings. The minimum Gasteiger partial charge on any atom is -0.396 e. The summed E-state index contributed by atoms with van der Waals surface area (Å²) in [6.07, 6.45) is 20.7. The molecule has 0 radical (unpaired) electrons. The van der Waals surface area contributed by atoms with Crippen molar-refractivity contribution < 1.29 is 9.59 Å². The quantitative estimate of drug-likeness (QED) is 0.244. The average Bonchev–Trinajstić information content (AvgIpc) is 2.52. The molecule has 0 aromatic rings. The second-order valence-electron chi connectivity index (χ2n) is 8.06. The van der Waals surface area contributed by atoms with Gasteiger partial charge in [-0.25, -0.2) is 0 Å². The number of hydrogen-bond acceptors (Lipinski definition) is 1. The van der Waals surface area contributed by atoms with E-state index >= 15 is 0 Å². The van der Waals surface area contributed by atoms with Crippen molar-refractivity contribution in [1.29, 1.82) is 0 Å². The van der Waals surface area contributed by atoms with Crippen LogP contribution in [-0.2, 0) is 0 Å². The smallest absolute Gasteiger partial charge is 0.0783 e. The zero-order valence-corrected chi connectivity index (χ0v) is 16.6. The first kappa shape index (κ1) is 22.9. The number of quaternary nitrogens is 1. The molecule has 2 nitrogen and oxygen atoms in total. The summed E-state index contributed by atoms with van der Waals surface area (Å²) >= 11 is 0. The molecule has 0 aliphatic heterocycles. The molecule has 23 heavy (non-hydrogen) atoms. The van der Waals surface area contributed by atoms with Crippen LogP contribution in [-0.4, -0.2) is 43.4 Å². The monoisotopic (exact) mass is 328 g/mol. The van der Waals surface area contributed by atoms with Crippen LogP contribution in [0, 0.1) is 0 Å².